The minimum absolute atomic E-state index is 0.0762. The molecule has 0 N–H and O–H groups in total. The molecule has 33 heavy (non-hydrogen) atoms. The number of rotatable bonds is 6. The third kappa shape index (κ3) is 4.49. The number of carbonyl (C=O) groups is 1. The number of benzene rings is 3. The highest BCUT2D eigenvalue weighted by Gasteiger charge is 2.43. The van der Waals surface area contributed by atoms with E-state index in [9.17, 15) is 4.79 Å². The second-order valence-corrected chi connectivity index (χ2v) is 8.61. The summed E-state index contributed by atoms with van der Waals surface area (Å²) in [6.07, 6.45) is 0.865. The molecule has 0 bridgehead atoms. The normalized spacial score (nSPS) is 18.7. The van der Waals surface area contributed by atoms with Gasteiger partial charge in [0.1, 0.15) is 5.75 Å². The first-order valence-corrected chi connectivity index (χ1v) is 11.1. The van der Waals surface area contributed by atoms with Gasteiger partial charge in [-0.3, -0.25) is 0 Å². The highest BCUT2D eigenvalue weighted by molar-refractivity contribution is 6.36. The molecule has 1 fully saturated rings. The maximum atomic E-state index is 12.6. The summed E-state index contributed by atoms with van der Waals surface area (Å²) < 4.78 is 16.2. The number of oxime groups is 1. The Labute approximate surface area is 200 Å². The SMILES string of the molecule is COc1ccc(C(=NOC(=O)c2ccc(Cl)cc2Cl)C2CC2c2ccc3c(c2)OCO3)cc1. The third-order valence-corrected chi connectivity index (χ3v) is 6.28. The largest absolute Gasteiger partial charge is 0.497 e. The van der Waals surface area contributed by atoms with Gasteiger partial charge < -0.3 is 19.0 Å². The fourth-order valence-electron chi connectivity index (χ4n) is 3.90. The van der Waals surface area contributed by atoms with Crippen LogP contribution in [0.4, 0.5) is 0 Å². The predicted molar refractivity (Wildman–Crippen MR) is 125 cm³/mol. The molecule has 1 aliphatic carbocycles. The van der Waals surface area contributed by atoms with Crippen LogP contribution in [0.5, 0.6) is 17.2 Å². The van der Waals surface area contributed by atoms with Crippen LogP contribution in [0.2, 0.25) is 10.0 Å². The Kier molecular flexibility index (Phi) is 5.87. The van der Waals surface area contributed by atoms with Gasteiger partial charge in [-0.15, -0.1) is 0 Å². The lowest BCUT2D eigenvalue weighted by Crippen LogP contribution is -2.10. The van der Waals surface area contributed by atoms with E-state index in [0.717, 1.165) is 34.8 Å². The van der Waals surface area contributed by atoms with Crippen LogP contribution in [0.1, 0.15) is 33.8 Å². The van der Waals surface area contributed by atoms with Gasteiger partial charge in [-0.25, -0.2) is 4.79 Å². The number of hydrogen-bond acceptors (Lipinski definition) is 6. The summed E-state index contributed by atoms with van der Waals surface area (Å²) in [5, 5.41) is 4.92. The molecule has 2 atom stereocenters. The number of hydrogen-bond donors (Lipinski definition) is 0. The molecule has 3 aromatic rings. The first kappa shape index (κ1) is 21.6. The summed E-state index contributed by atoms with van der Waals surface area (Å²) in [5.74, 6) is 1.86. The van der Waals surface area contributed by atoms with Crippen molar-refractivity contribution in [2.75, 3.05) is 13.9 Å². The van der Waals surface area contributed by atoms with Crippen LogP contribution in [0.25, 0.3) is 0 Å². The summed E-state index contributed by atoms with van der Waals surface area (Å²) in [6, 6.07) is 18.0. The number of fused-ring (bicyclic) bond motifs is 1. The Balaban J connectivity index is 1.41. The lowest BCUT2D eigenvalue weighted by atomic mass is 10.0. The van der Waals surface area contributed by atoms with Crippen LogP contribution in [-0.4, -0.2) is 25.6 Å². The van der Waals surface area contributed by atoms with Crippen LogP contribution >= 0.6 is 23.2 Å². The van der Waals surface area contributed by atoms with E-state index >= 15 is 0 Å². The Morgan fingerprint density at radius 3 is 2.55 bits per heavy atom. The zero-order chi connectivity index (χ0) is 22.9. The van der Waals surface area contributed by atoms with Crippen molar-refractivity contribution in [1.82, 2.24) is 0 Å². The zero-order valence-corrected chi connectivity index (χ0v) is 19.1. The summed E-state index contributed by atoms with van der Waals surface area (Å²) in [5.41, 5.74) is 2.84. The van der Waals surface area contributed by atoms with E-state index in [4.69, 9.17) is 42.3 Å². The molecule has 0 spiro atoms. The van der Waals surface area contributed by atoms with Crippen molar-refractivity contribution in [3.63, 3.8) is 0 Å². The smallest absolute Gasteiger partial charge is 0.367 e. The van der Waals surface area contributed by atoms with Crippen molar-refractivity contribution >= 4 is 34.9 Å². The van der Waals surface area contributed by atoms with Gasteiger partial charge in [0.25, 0.3) is 0 Å². The van der Waals surface area contributed by atoms with Crippen LogP contribution in [0.15, 0.2) is 65.8 Å². The molecule has 2 unspecified atom stereocenters. The number of methoxy groups -OCH3 is 1. The molecule has 1 heterocycles. The van der Waals surface area contributed by atoms with E-state index in [1.807, 2.05) is 42.5 Å². The predicted octanol–water partition coefficient (Wildman–Crippen LogP) is 6.10. The second kappa shape index (κ2) is 8.96. The molecule has 0 radical (unpaired) electrons. The fraction of sp³-hybridized carbons (Fsp3) is 0.200. The van der Waals surface area contributed by atoms with E-state index in [-0.39, 0.29) is 29.2 Å². The fourth-order valence-corrected chi connectivity index (χ4v) is 4.39. The molecule has 5 rings (SSSR count). The first-order chi connectivity index (χ1) is 16.0. The number of ether oxygens (including phenoxy) is 3. The molecule has 8 heteroatoms. The van der Waals surface area contributed by atoms with Crippen molar-refractivity contribution in [2.24, 2.45) is 11.1 Å². The Hall–Kier alpha value is -3.22. The van der Waals surface area contributed by atoms with E-state index in [0.29, 0.717) is 10.7 Å². The molecule has 0 saturated heterocycles. The Morgan fingerprint density at radius 1 is 1.00 bits per heavy atom. The van der Waals surface area contributed by atoms with Crippen molar-refractivity contribution in [3.8, 4) is 17.2 Å². The van der Waals surface area contributed by atoms with Crippen LogP contribution in [-0.2, 0) is 4.84 Å². The molecular weight excluding hydrogens is 465 g/mol. The van der Waals surface area contributed by atoms with Crippen molar-refractivity contribution in [3.05, 3.63) is 87.4 Å². The maximum Gasteiger partial charge on any atom is 0.367 e. The second-order valence-electron chi connectivity index (χ2n) is 7.77. The van der Waals surface area contributed by atoms with Gasteiger partial charge in [0, 0.05) is 10.9 Å². The standard InChI is InChI=1S/C25H19Cl2NO5/c1-30-17-6-2-14(3-7-17)24(28-33-25(29)18-8-5-16(26)11-21(18)27)20-12-19(20)15-4-9-22-23(10-15)32-13-31-22/h2-11,19-20H,12-13H2,1H3. The van der Waals surface area contributed by atoms with Crippen molar-refractivity contribution in [2.45, 2.75) is 12.3 Å². The molecule has 0 amide bonds. The Bertz CT molecular complexity index is 1240. The topological polar surface area (TPSA) is 66.4 Å². The third-order valence-electron chi connectivity index (χ3n) is 5.73. The lowest BCUT2D eigenvalue weighted by Gasteiger charge is -2.09. The molecule has 168 valence electrons. The number of carbonyl (C=O) groups excluding carboxylic acids is 1. The summed E-state index contributed by atoms with van der Waals surface area (Å²) >= 11 is 12.1. The van der Waals surface area contributed by atoms with Crippen LogP contribution in [0.3, 0.4) is 0 Å². The minimum Gasteiger partial charge on any atom is -0.497 e. The van der Waals surface area contributed by atoms with Crippen molar-refractivity contribution in [1.29, 1.82) is 0 Å². The number of nitrogens with zero attached hydrogens (tertiary/aromatic N) is 1. The molecule has 1 saturated carbocycles. The van der Waals surface area contributed by atoms with Gasteiger partial charge in [0.05, 0.1) is 23.4 Å². The monoisotopic (exact) mass is 483 g/mol. The molecule has 6 nitrogen and oxygen atoms in total. The number of halogens is 2. The van der Waals surface area contributed by atoms with E-state index in [2.05, 4.69) is 5.16 Å². The average molecular weight is 484 g/mol. The summed E-state index contributed by atoms with van der Waals surface area (Å²) in [6.45, 7) is 0.231. The van der Waals surface area contributed by atoms with Gasteiger partial charge in [0.2, 0.25) is 6.79 Å². The van der Waals surface area contributed by atoms with E-state index in [1.54, 1.807) is 13.2 Å². The maximum absolute atomic E-state index is 12.6. The van der Waals surface area contributed by atoms with Gasteiger partial charge in [-0.05, 0) is 78.1 Å². The van der Waals surface area contributed by atoms with Crippen molar-refractivity contribution < 1.29 is 23.8 Å². The van der Waals surface area contributed by atoms with Gasteiger partial charge in [0.15, 0.2) is 11.5 Å². The highest BCUT2D eigenvalue weighted by atomic mass is 35.5. The average Bonchev–Trinajstić information content (AvgIpc) is 3.46. The van der Waals surface area contributed by atoms with Crippen LogP contribution in [0, 0.1) is 5.92 Å². The zero-order valence-electron chi connectivity index (χ0n) is 17.6. The van der Waals surface area contributed by atoms with Gasteiger partial charge in [-0.1, -0.05) is 34.4 Å². The van der Waals surface area contributed by atoms with E-state index in [1.165, 1.54) is 12.1 Å². The van der Waals surface area contributed by atoms with E-state index < -0.39 is 5.97 Å². The molecule has 1 aliphatic heterocycles. The lowest BCUT2D eigenvalue weighted by molar-refractivity contribution is 0.0515. The molecule has 3 aromatic carbocycles. The van der Waals surface area contributed by atoms with Gasteiger partial charge >= 0.3 is 5.97 Å². The molecule has 0 aromatic heterocycles. The summed E-state index contributed by atoms with van der Waals surface area (Å²) in [7, 11) is 1.61. The highest BCUT2D eigenvalue weighted by Crippen LogP contribution is 2.51. The molecule has 2 aliphatic rings. The quantitative estimate of drug-likeness (QED) is 0.241. The summed E-state index contributed by atoms with van der Waals surface area (Å²) in [4.78, 5) is 18.0. The first-order valence-electron chi connectivity index (χ1n) is 10.3. The Morgan fingerprint density at radius 2 is 1.79 bits per heavy atom. The van der Waals surface area contributed by atoms with Gasteiger partial charge in [-0.2, -0.15) is 0 Å². The minimum atomic E-state index is -0.650. The van der Waals surface area contributed by atoms with Crippen LogP contribution < -0.4 is 14.2 Å². The molecular formula is C25H19Cl2NO5.